The lowest BCUT2D eigenvalue weighted by Crippen LogP contribution is -2.21. The molecule has 2 aliphatic carbocycles. The van der Waals surface area contributed by atoms with Crippen LogP contribution in [0.5, 0.6) is 0 Å². The normalized spacial score (nSPS) is 29.2. The van der Waals surface area contributed by atoms with Gasteiger partial charge in [-0.25, -0.2) is 4.98 Å². The van der Waals surface area contributed by atoms with Gasteiger partial charge >= 0.3 is 0 Å². The van der Waals surface area contributed by atoms with E-state index in [-0.39, 0.29) is 5.95 Å². The molecule has 0 aromatic carbocycles. The maximum Gasteiger partial charge on any atom is 0.224 e. The third kappa shape index (κ3) is 1.82. The first-order valence-corrected chi connectivity index (χ1v) is 7.00. The van der Waals surface area contributed by atoms with Crippen molar-refractivity contribution in [2.24, 2.45) is 17.8 Å². The van der Waals surface area contributed by atoms with Crippen molar-refractivity contribution in [1.29, 1.82) is 0 Å². The molecule has 2 heterocycles. The molecule has 0 radical (unpaired) electrons. The summed E-state index contributed by atoms with van der Waals surface area (Å²) in [5.74, 6) is 3.72. The lowest BCUT2D eigenvalue weighted by molar-refractivity contribution is 0.348. The Bertz CT molecular complexity index is 606. The Balaban J connectivity index is 1.53. The lowest BCUT2D eigenvalue weighted by Gasteiger charge is -2.22. The van der Waals surface area contributed by atoms with Gasteiger partial charge in [-0.3, -0.25) is 0 Å². The predicted molar refractivity (Wildman–Crippen MR) is 73.5 cm³/mol. The van der Waals surface area contributed by atoms with E-state index in [9.17, 15) is 0 Å². The summed E-state index contributed by atoms with van der Waals surface area (Å²) in [5, 5.41) is 3.44. The minimum atomic E-state index is 0.273. The summed E-state index contributed by atoms with van der Waals surface area (Å²) < 4.78 is 0. The first kappa shape index (κ1) is 11.0. The molecular weight excluding hydrogens is 240 g/mol. The number of imidazole rings is 1. The average Bonchev–Trinajstić information content (AvgIpc) is 3.10. The van der Waals surface area contributed by atoms with E-state index in [1.54, 1.807) is 6.33 Å². The fourth-order valence-corrected chi connectivity index (χ4v) is 3.83. The van der Waals surface area contributed by atoms with E-state index in [0.29, 0.717) is 5.65 Å². The number of nitrogens with one attached hydrogen (secondary N) is 2. The van der Waals surface area contributed by atoms with Crippen LogP contribution in [0.25, 0.3) is 11.2 Å². The van der Waals surface area contributed by atoms with Gasteiger partial charge in [-0.1, -0.05) is 6.42 Å². The minimum Gasteiger partial charge on any atom is -0.368 e. The summed E-state index contributed by atoms with van der Waals surface area (Å²) in [6.45, 7) is 0.978. The maximum absolute atomic E-state index is 5.71. The van der Waals surface area contributed by atoms with Crippen molar-refractivity contribution < 1.29 is 0 Å². The molecule has 0 spiro atoms. The number of hydrogen-bond donors (Lipinski definition) is 3. The number of rotatable bonds is 3. The molecule has 2 aromatic rings. The Morgan fingerprint density at radius 1 is 1.32 bits per heavy atom. The molecule has 2 fully saturated rings. The number of nitrogen functional groups attached to an aromatic ring is 1. The van der Waals surface area contributed by atoms with E-state index < -0.39 is 0 Å². The molecule has 6 nitrogen and oxygen atoms in total. The summed E-state index contributed by atoms with van der Waals surface area (Å²) in [5.41, 5.74) is 7.18. The first-order valence-electron chi connectivity index (χ1n) is 7.00. The SMILES string of the molecule is Nc1nc(NCC2CC3CCC2C3)c2[nH]cnc2n1. The Kier molecular flexibility index (Phi) is 2.36. The summed E-state index contributed by atoms with van der Waals surface area (Å²) >= 11 is 0. The molecule has 100 valence electrons. The Hall–Kier alpha value is -1.85. The van der Waals surface area contributed by atoms with Gasteiger partial charge in [0.2, 0.25) is 5.95 Å². The zero-order valence-corrected chi connectivity index (χ0v) is 10.8. The molecule has 0 saturated heterocycles. The smallest absolute Gasteiger partial charge is 0.224 e. The second-order valence-electron chi connectivity index (χ2n) is 5.85. The van der Waals surface area contributed by atoms with Crippen LogP contribution in [0.2, 0.25) is 0 Å². The van der Waals surface area contributed by atoms with E-state index in [1.165, 1.54) is 25.7 Å². The number of hydrogen-bond acceptors (Lipinski definition) is 5. The molecule has 2 saturated carbocycles. The van der Waals surface area contributed by atoms with Crippen molar-refractivity contribution in [2.45, 2.75) is 25.7 Å². The molecule has 0 aliphatic heterocycles. The zero-order chi connectivity index (χ0) is 12.8. The van der Waals surface area contributed by atoms with Gasteiger partial charge in [0, 0.05) is 6.54 Å². The number of H-pyrrole nitrogens is 1. The monoisotopic (exact) mass is 258 g/mol. The van der Waals surface area contributed by atoms with Crippen LogP contribution in [-0.4, -0.2) is 26.5 Å². The standard InChI is InChI=1S/C13H18N6/c14-13-18-11(10-12(19-13)17-6-16-10)15-5-9-4-7-1-2-8(9)3-7/h6-9H,1-5H2,(H4,14,15,16,17,18,19). The quantitative estimate of drug-likeness (QED) is 0.780. The van der Waals surface area contributed by atoms with Crippen LogP contribution in [0.1, 0.15) is 25.7 Å². The van der Waals surface area contributed by atoms with Crippen LogP contribution in [0.3, 0.4) is 0 Å². The van der Waals surface area contributed by atoms with Gasteiger partial charge in [-0.2, -0.15) is 9.97 Å². The molecular formula is C13H18N6. The molecule has 4 rings (SSSR count). The second-order valence-corrected chi connectivity index (χ2v) is 5.85. The fraction of sp³-hybridized carbons (Fsp3) is 0.615. The number of nitrogens with two attached hydrogens (primary N) is 1. The van der Waals surface area contributed by atoms with Crippen molar-refractivity contribution in [2.75, 3.05) is 17.6 Å². The maximum atomic E-state index is 5.71. The van der Waals surface area contributed by atoms with Gasteiger partial charge in [-0.05, 0) is 37.0 Å². The van der Waals surface area contributed by atoms with Crippen LogP contribution in [0.15, 0.2) is 6.33 Å². The summed E-state index contributed by atoms with van der Waals surface area (Å²) in [7, 11) is 0. The lowest BCUT2D eigenvalue weighted by atomic mass is 9.89. The van der Waals surface area contributed by atoms with Crippen molar-refractivity contribution in [1.82, 2.24) is 19.9 Å². The molecule has 2 bridgehead atoms. The number of aromatic nitrogens is 4. The van der Waals surface area contributed by atoms with Crippen molar-refractivity contribution >= 4 is 22.9 Å². The van der Waals surface area contributed by atoms with Crippen molar-refractivity contribution in [3.63, 3.8) is 0 Å². The minimum absolute atomic E-state index is 0.273. The van der Waals surface area contributed by atoms with Gasteiger partial charge in [0.25, 0.3) is 0 Å². The van der Waals surface area contributed by atoms with Gasteiger partial charge in [-0.15, -0.1) is 0 Å². The zero-order valence-electron chi connectivity index (χ0n) is 10.8. The molecule has 19 heavy (non-hydrogen) atoms. The van der Waals surface area contributed by atoms with E-state index in [2.05, 4.69) is 25.3 Å². The van der Waals surface area contributed by atoms with E-state index in [1.807, 2.05) is 0 Å². The van der Waals surface area contributed by atoms with E-state index >= 15 is 0 Å². The molecule has 0 amide bonds. The van der Waals surface area contributed by atoms with Crippen LogP contribution in [0.4, 0.5) is 11.8 Å². The molecule has 3 unspecified atom stereocenters. The third-order valence-electron chi connectivity index (χ3n) is 4.72. The fourth-order valence-electron chi connectivity index (χ4n) is 3.83. The Morgan fingerprint density at radius 2 is 2.26 bits per heavy atom. The van der Waals surface area contributed by atoms with E-state index in [4.69, 9.17) is 5.73 Å². The Labute approximate surface area is 111 Å². The second kappa shape index (κ2) is 4.08. The highest BCUT2D eigenvalue weighted by molar-refractivity contribution is 5.83. The first-order chi connectivity index (χ1) is 9.29. The predicted octanol–water partition coefficient (Wildman–Crippen LogP) is 1.78. The highest BCUT2D eigenvalue weighted by Gasteiger charge is 2.39. The number of anilines is 2. The van der Waals surface area contributed by atoms with Crippen LogP contribution in [-0.2, 0) is 0 Å². The third-order valence-corrected chi connectivity index (χ3v) is 4.72. The van der Waals surface area contributed by atoms with E-state index in [0.717, 1.165) is 35.6 Å². The molecule has 3 atom stereocenters. The average molecular weight is 258 g/mol. The van der Waals surface area contributed by atoms with Gasteiger partial charge < -0.3 is 16.0 Å². The highest BCUT2D eigenvalue weighted by Crippen LogP contribution is 2.48. The number of aromatic amines is 1. The molecule has 4 N–H and O–H groups in total. The van der Waals surface area contributed by atoms with Crippen molar-refractivity contribution in [3.8, 4) is 0 Å². The van der Waals surface area contributed by atoms with Gasteiger partial charge in [0.15, 0.2) is 11.5 Å². The summed E-state index contributed by atoms with van der Waals surface area (Å²) in [6.07, 6.45) is 7.26. The molecule has 2 aromatic heterocycles. The Morgan fingerprint density at radius 3 is 3.05 bits per heavy atom. The number of fused-ring (bicyclic) bond motifs is 3. The topological polar surface area (TPSA) is 92.5 Å². The highest BCUT2D eigenvalue weighted by atomic mass is 15.1. The summed E-state index contributed by atoms with van der Waals surface area (Å²) in [4.78, 5) is 15.6. The van der Waals surface area contributed by atoms with Gasteiger partial charge in [0.1, 0.15) is 5.52 Å². The number of nitrogens with zero attached hydrogens (tertiary/aromatic N) is 3. The summed E-state index contributed by atoms with van der Waals surface area (Å²) in [6, 6.07) is 0. The van der Waals surface area contributed by atoms with Crippen LogP contribution in [0, 0.1) is 17.8 Å². The van der Waals surface area contributed by atoms with Crippen molar-refractivity contribution in [3.05, 3.63) is 6.33 Å². The van der Waals surface area contributed by atoms with Gasteiger partial charge in [0.05, 0.1) is 6.33 Å². The largest absolute Gasteiger partial charge is 0.368 e. The van der Waals surface area contributed by atoms with Crippen LogP contribution < -0.4 is 11.1 Å². The molecule has 2 aliphatic rings. The molecule has 6 heteroatoms. The van der Waals surface area contributed by atoms with Crippen LogP contribution >= 0.6 is 0 Å².